The van der Waals surface area contributed by atoms with Gasteiger partial charge in [0.25, 0.3) is 0 Å². The molecule has 3 N–H and O–H groups in total. The second-order valence-electron chi connectivity index (χ2n) is 4.30. The minimum atomic E-state index is -0.469. The molecule has 2 rings (SSSR count). The van der Waals surface area contributed by atoms with Crippen LogP contribution in [0.3, 0.4) is 0 Å². The normalized spacial score (nSPS) is 12.3. The number of amides is 1. The van der Waals surface area contributed by atoms with Crippen molar-refractivity contribution in [3.05, 3.63) is 42.5 Å². The molecule has 0 saturated carbocycles. The van der Waals surface area contributed by atoms with Crippen LogP contribution in [0.2, 0.25) is 0 Å². The van der Waals surface area contributed by atoms with Crippen molar-refractivity contribution in [3.8, 4) is 5.75 Å². The number of ether oxygens (including phenoxy) is 1. The molecule has 0 aliphatic heterocycles. The van der Waals surface area contributed by atoms with E-state index >= 15 is 0 Å². The summed E-state index contributed by atoms with van der Waals surface area (Å²) in [5.41, 5.74) is 5.32. The standard InChI is InChI=1S/C15H18N2O2/c1-2-17-13(15(16)18)10-19-14-9-5-7-11-6-3-4-8-12(11)14/h3-9,13,17H,2,10H2,1H3,(H2,16,18). The summed E-state index contributed by atoms with van der Waals surface area (Å²) in [5, 5.41) is 5.14. The van der Waals surface area contributed by atoms with Gasteiger partial charge in [0.15, 0.2) is 0 Å². The van der Waals surface area contributed by atoms with Crippen LogP contribution in [-0.2, 0) is 4.79 Å². The van der Waals surface area contributed by atoms with Crippen LogP contribution in [0.5, 0.6) is 5.75 Å². The fourth-order valence-corrected chi connectivity index (χ4v) is 1.98. The van der Waals surface area contributed by atoms with Crippen LogP contribution in [0, 0.1) is 0 Å². The largest absolute Gasteiger partial charge is 0.491 e. The first-order chi connectivity index (χ1) is 9.22. The zero-order valence-electron chi connectivity index (χ0n) is 10.9. The Bertz CT molecular complexity index is 564. The van der Waals surface area contributed by atoms with Gasteiger partial charge < -0.3 is 15.8 Å². The molecule has 0 fully saturated rings. The Balaban J connectivity index is 2.15. The summed E-state index contributed by atoms with van der Waals surface area (Å²) in [6.07, 6.45) is 0. The van der Waals surface area contributed by atoms with Gasteiger partial charge in [0.2, 0.25) is 5.91 Å². The van der Waals surface area contributed by atoms with Gasteiger partial charge >= 0.3 is 0 Å². The maximum atomic E-state index is 11.3. The minimum Gasteiger partial charge on any atom is -0.491 e. The van der Waals surface area contributed by atoms with Gasteiger partial charge in [-0.25, -0.2) is 0 Å². The molecule has 0 heterocycles. The van der Waals surface area contributed by atoms with Gasteiger partial charge in [-0.1, -0.05) is 43.3 Å². The third-order valence-corrected chi connectivity index (χ3v) is 2.95. The van der Waals surface area contributed by atoms with Gasteiger partial charge in [0, 0.05) is 5.39 Å². The summed E-state index contributed by atoms with van der Waals surface area (Å²) < 4.78 is 5.73. The Kier molecular flexibility index (Phi) is 4.36. The molecule has 0 bridgehead atoms. The van der Waals surface area contributed by atoms with Crippen LogP contribution < -0.4 is 15.8 Å². The van der Waals surface area contributed by atoms with E-state index in [1.54, 1.807) is 0 Å². The van der Waals surface area contributed by atoms with E-state index in [0.29, 0.717) is 6.54 Å². The van der Waals surface area contributed by atoms with E-state index < -0.39 is 11.9 Å². The molecule has 1 unspecified atom stereocenters. The first-order valence-corrected chi connectivity index (χ1v) is 6.35. The van der Waals surface area contributed by atoms with E-state index in [-0.39, 0.29) is 6.61 Å². The number of likely N-dealkylation sites (N-methyl/N-ethyl adjacent to an activating group) is 1. The van der Waals surface area contributed by atoms with Crippen molar-refractivity contribution < 1.29 is 9.53 Å². The number of hydrogen-bond acceptors (Lipinski definition) is 3. The Labute approximate surface area is 112 Å². The molecule has 0 aliphatic rings. The third-order valence-electron chi connectivity index (χ3n) is 2.95. The summed E-state index contributed by atoms with van der Waals surface area (Å²) in [7, 11) is 0. The molecule has 4 nitrogen and oxygen atoms in total. The predicted octanol–water partition coefficient (Wildman–Crippen LogP) is 1.68. The molecule has 1 amide bonds. The highest BCUT2D eigenvalue weighted by Gasteiger charge is 2.14. The first kappa shape index (κ1) is 13.4. The molecule has 1 atom stereocenters. The first-order valence-electron chi connectivity index (χ1n) is 6.35. The molecular weight excluding hydrogens is 240 g/mol. The van der Waals surface area contributed by atoms with E-state index in [9.17, 15) is 4.79 Å². The molecule has 0 aromatic heterocycles. The molecule has 2 aromatic carbocycles. The fraction of sp³-hybridized carbons (Fsp3) is 0.267. The molecule has 100 valence electrons. The van der Waals surface area contributed by atoms with Crippen LogP contribution in [0.25, 0.3) is 10.8 Å². The maximum absolute atomic E-state index is 11.3. The van der Waals surface area contributed by atoms with E-state index in [1.807, 2.05) is 49.4 Å². The number of carbonyl (C=O) groups excluding carboxylic acids is 1. The van der Waals surface area contributed by atoms with Gasteiger partial charge in [-0.2, -0.15) is 0 Å². The predicted molar refractivity (Wildman–Crippen MR) is 76.1 cm³/mol. The summed E-state index contributed by atoms with van der Waals surface area (Å²) in [5.74, 6) is 0.365. The zero-order valence-corrected chi connectivity index (χ0v) is 10.9. The number of fused-ring (bicyclic) bond motifs is 1. The molecule has 0 spiro atoms. The van der Waals surface area contributed by atoms with Crippen LogP contribution >= 0.6 is 0 Å². The second-order valence-corrected chi connectivity index (χ2v) is 4.30. The lowest BCUT2D eigenvalue weighted by atomic mass is 10.1. The second kappa shape index (κ2) is 6.20. The minimum absolute atomic E-state index is 0.233. The van der Waals surface area contributed by atoms with Crippen molar-refractivity contribution in [1.82, 2.24) is 5.32 Å². The highest BCUT2D eigenvalue weighted by Crippen LogP contribution is 2.25. The Morgan fingerprint density at radius 1 is 1.26 bits per heavy atom. The highest BCUT2D eigenvalue weighted by molar-refractivity contribution is 5.88. The lowest BCUT2D eigenvalue weighted by Gasteiger charge is -2.16. The zero-order chi connectivity index (χ0) is 13.7. The summed E-state index contributed by atoms with van der Waals surface area (Å²) in [6.45, 7) is 2.83. The van der Waals surface area contributed by atoms with Gasteiger partial charge in [0.05, 0.1) is 0 Å². The number of carbonyl (C=O) groups is 1. The molecule has 19 heavy (non-hydrogen) atoms. The average molecular weight is 258 g/mol. The summed E-state index contributed by atoms with van der Waals surface area (Å²) in [6, 6.07) is 13.4. The van der Waals surface area contributed by atoms with Crippen molar-refractivity contribution in [2.45, 2.75) is 13.0 Å². The van der Waals surface area contributed by atoms with Gasteiger partial charge in [0.1, 0.15) is 18.4 Å². The van der Waals surface area contributed by atoms with Gasteiger partial charge in [-0.15, -0.1) is 0 Å². The quantitative estimate of drug-likeness (QED) is 0.828. The smallest absolute Gasteiger partial charge is 0.238 e. The van der Waals surface area contributed by atoms with Crippen LogP contribution in [0.4, 0.5) is 0 Å². The molecular formula is C15H18N2O2. The Morgan fingerprint density at radius 3 is 2.74 bits per heavy atom. The Morgan fingerprint density at radius 2 is 2.00 bits per heavy atom. The summed E-state index contributed by atoms with van der Waals surface area (Å²) in [4.78, 5) is 11.3. The Hall–Kier alpha value is -2.07. The number of hydrogen-bond donors (Lipinski definition) is 2. The molecule has 0 aliphatic carbocycles. The highest BCUT2D eigenvalue weighted by atomic mass is 16.5. The van der Waals surface area contributed by atoms with Crippen LogP contribution in [0.15, 0.2) is 42.5 Å². The van der Waals surface area contributed by atoms with Crippen molar-refractivity contribution in [1.29, 1.82) is 0 Å². The molecule has 4 heteroatoms. The maximum Gasteiger partial charge on any atom is 0.238 e. The SMILES string of the molecule is CCNC(COc1cccc2ccccc12)C(N)=O. The average Bonchev–Trinajstić information content (AvgIpc) is 2.43. The summed E-state index contributed by atoms with van der Waals surface area (Å²) >= 11 is 0. The third kappa shape index (κ3) is 3.23. The van der Waals surface area contributed by atoms with E-state index in [2.05, 4.69) is 5.32 Å². The van der Waals surface area contributed by atoms with Crippen molar-refractivity contribution >= 4 is 16.7 Å². The number of primary amides is 1. The van der Waals surface area contributed by atoms with Crippen molar-refractivity contribution in [2.75, 3.05) is 13.2 Å². The van der Waals surface area contributed by atoms with E-state index in [1.165, 1.54) is 0 Å². The lowest BCUT2D eigenvalue weighted by molar-refractivity contribution is -0.120. The number of nitrogens with one attached hydrogen (secondary N) is 1. The lowest BCUT2D eigenvalue weighted by Crippen LogP contribution is -2.45. The monoisotopic (exact) mass is 258 g/mol. The molecule has 0 saturated heterocycles. The fourth-order valence-electron chi connectivity index (χ4n) is 1.98. The number of rotatable bonds is 6. The number of benzene rings is 2. The van der Waals surface area contributed by atoms with Crippen molar-refractivity contribution in [2.24, 2.45) is 5.73 Å². The van der Waals surface area contributed by atoms with E-state index in [0.717, 1.165) is 16.5 Å². The topological polar surface area (TPSA) is 64.3 Å². The van der Waals surface area contributed by atoms with Crippen LogP contribution in [-0.4, -0.2) is 25.1 Å². The van der Waals surface area contributed by atoms with Crippen molar-refractivity contribution in [3.63, 3.8) is 0 Å². The van der Waals surface area contributed by atoms with Crippen LogP contribution in [0.1, 0.15) is 6.92 Å². The van der Waals surface area contributed by atoms with Gasteiger partial charge in [-0.3, -0.25) is 4.79 Å². The van der Waals surface area contributed by atoms with E-state index in [4.69, 9.17) is 10.5 Å². The molecule has 0 radical (unpaired) electrons. The number of nitrogens with two attached hydrogens (primary N) is 1. The van der Waals surface area contributed by atoms with Gasteiger partial charge in [-0.05, 0) is 18.0 Å². The molecule has 2 aromatic rings.